The number of nitrogens with one attached hydrogen (secondary N) is 1. The quantitative estimate of drug-likeness (QED) is 0.898. The van der Waals surface area contributed by atoms with Crippen molar-refractivity contribution in [3.63, 3.8) is 0 Å². The van der Waals surface area contributed by atoms with Gasteiger partial charge in [0.2, 0.25) is 0 Å². The first-order valence-corrected chi connectivity index (χ1v) is 6.32. The van der Waals surface area contributed by atoms with E-state index in [1.54, 1.807) is 4.68 Å². The molecule has 0 spiro atoms. The highest BCUT2D eigenvalue weighted by Crippen LogP contribution is 2.26. The third kappa shape index (κ3) is 3.09. The van der Waals surface area contributed by atoms with Crippen LogP contribution >= 0.6 is 11.6 Å². The second kappa shape index (κ2) is 5.98. The molecule has 96 valence electrons. The standard InChI is InChI=1S/C13H17ClN4/c1-15-8-10(7-11-9-18(2)17-16-11)12-5-3-4-6-13(12)14/h3-6,9-10,15H,7-8H2,1-2H3. The number of nitrogens with zero attached hydrogens (tertiary/aromatic N) is 3. The van der Waals surface area contributed by atoms with Crippen LogP contribution in [-0.2, 0) is 13.5 Å². The average molecular weight is 265 g/mol. The van der Waals surface area contributed by atoms with Gasteiger partial charge in [-0.1, -0.05) is 35.0 Å². The zero-order valence-electron chi connectivity index (χ0n) is 10.6. The van der Waals surface area contributed by atoms with Crippen LogP contribution < -0.4 is 5.32 Å². The van der Waals surface area contributed by atoms with Crippen molar-refractivity contribution in [1.82, 2.24) is 20.3 Å². The number of rotatable bonds is 5. The lowest BCUT2D eigenvalue weighted by Gasteiger charge is -2.17. The summed E-state index contributed by atoms with van der Waals surface area (Å²) in [6.07, 6.45) is 2.78. The highest BCUT2D eigenvalue weighted by molar-refractivity contribution is 6.31. The van der Waals surface area contributed by atoms with Gasteiger partial charge in [0.05, 0.1) is 5.69 Å². The van der Waals surface area contributed by atoms with E-state index in [1.807, 2.05) is 38.5 Å². The van der Waals surface area contributed by atoms with E-state index in [9.17, 15) is 0 Å². The monoisotopic (exact) mass is 264 g/mol. The molecular weight excluding hydrogens is 248 g/mol. The summed E-state index contributed by atoms with van der Waals surface area (Å²) in [7, 11) is 3.82. The SMILES string of the molecule is CNCC(Cc1cn(C)nn1)c1ccccc1Cl. The summed E-state index contributed by atoms with van der Waals surface area (Å²) in [5, 5.41) is 12.1. The van der Waals surface area contributed by atoms with Crippen molar-refractivity contribution in [2.24, 2.45) is 7.05 Å². The smallest absolute Gasteiger partial charge is 0.0833 e. The number of hydrogen-bond acceptors (Lipinski definition) is 3. The first kappa shape index (κ1) is 13.1. The van der Waals surface area contributed by atoms with Gasteiger partial charge in [-0.3, -0.25) is 4.68 Å². The molecule has 0 amide bonds. The van der Waals surface area contributed by atoms with E-state index < -0.39 is 0 Å². The molecule has 2 rings (SSSR count). The van der Waals surface area contributed by atoms with Crippen LogP contribution in [0, 0.1) is 0 Å². The minimum absolute atomic E-state index is 0.306. The Kier molecular flexibility index (Phi) is 4.33. The predicted octanol–water partition coefficient (Wildman–Crippen LogP) is 2.01. The van der Waals surface area contributed by atoms with Crippen LogP contribution in [-0.4, -0.2) is 28.6 Å². The van der Waals surface area contributed by atoms with Crippen molar-refractivity contribution in [3.8, 4) is 0 Å². The Morgan fingerprint density at radius 3 is 2.78 bits per heavy atom. The zero-order chi connectivity index (χ0) is 13.0. The molecule has 5 heteroatoms. The van der Waals surface area contributed by atoms with E-state index in [0.717, 1.165) is 29.2 Å². The molecule has 0 saturated heterocycles. The molecule has 0 radical (unpaired) electrons. The molecule has 1 unspecified atom stereocenters. The molecule has 1 aromatic heterocycles. The number of halogens is 1. The summed E-state index contributed by atoms with van der Waals surface area (Å²) >= 11 is 6.26. The second-order valence-electron chi connectivity index (χ2n) is 4.36. The van der Waals surface area contributed by atoms with E-state index in [0.29, 0.717) is 5.92 Å². The molecule has 1 heterocycles. The lowest BCUT2D eigenvalue weighted by Crippen LogP contribution is -2.19. The molecule has 0 saturated carbocycles. The maximum atomic E-state index is 6.26. The minimum atomic E-state index is 0.306. The van der Waals surface area contributed by atoms with Crippen LogP contribution in [0.3, 0.4) is 0 Å². The first-order chi connectivity index (χ1) is 8.70. The third-order valence-electron chi connectivity index (χ3n) is 2.90. The van der Waals surface area contributed by atoms with Gasteiger partial charge in [-0.15, -0.1) is 5.10 Å². The van der Waals surface area contributed by atoms with Crippen LogP contribution in [0.15, 0.2) is 30.5 Å². The largest absolute Gasteiger partial charge is 0.319 e. The second-order valence-corrected chi connectivity index (χ2v) is 4.77. The zero-order valence-corrected chi connectivity index (χ0v) is 11.4. The number of benzene rings is 1. The van der Waals surface area contributed by atoms with Crippen molar-refractivity contribution in [1.29, 1.82) is 0 Å². The van der Waals surface area contributed by atoms with Gasteiger partial charge >= 0.3 is 0 Å². The molecule has 0 fully saturated rings. The fourth-order valence-electron chi connectivity index (χ4n) is 2.09. The number of aromatic nitrogens is 3. The van der Waals surface area contributed by atoms with Crippen molar-refractivity contribution in [3.05, 3.63) is 46.7 Å². The molecule has 1 N–H and O–H groups in total. The molecule has 1 atom stereocenters. The number of aryl methyl sites for hydroxylation is 1. The summed E-state index contributed by atoms with van der Waals surface area (Å²) in [5.41, 5.74) is 2.14. The van der Waals surface area contributed by atoms with Crippen LogP contribution in [0.2, 0.25) is 5.02 Å². The molecule has 18 heavy (non-hydrogen) atoms. The van der Waals surface area contributed by atoms with Gasteiger partial charge in [0.1, 0.15) is 0 Å². The van der Waals surface area contributed by atoms with Gasteiger partial charge in [0.15, 0.2) is 0 Å². The number of likely N-dealkylation sites (N-methyl/N-ethyl adjacent to an activating group) is 1. The van der Waals surface area contributed by atoms with Crippen LogP contribution in [0.5, 0.6) is 0 Å². The van der Waals surface area contributed by atoms with Gasteiger partial charge < -0.3 is 5.32 Å². The predicted molar refractivity (Wildman–Crippen MR) is 72.8 cm³/mol. The van der Waals surface area contributed by atoms with E-state index >= 15 is 0 Å². The normalized spacial score (nSPS) is 12.6. The van der Waals surface area contributed by atoms with E-state index in [4.69, 9.17) is 11.6 Å². The Bertz CT molecular complexity index is 509. The van der Waals surface area contributed by atoms with E-state index in [2.05, 4.69) is 21.7 Å². The lowest BCUT2D eigenvalue weighted by atomic mass is 9.94. The van der Waals surface area contributed by atoms with Gasteiger partial charge in [-0.2, -0.15) is 0 Å². The fraction of sp³-hybridized carbons (Fsp3) is 0.385. The molecule has 1 aromatic carbocycles. The van der Waals surface area contributed by atoms with E-state index in [-0.39, 0.29) is 0 Å². The summed E-state index contributed by atoms with van der Waals surface area (Å²) in [6.45, 7) is 0.861. The van der Waals surface area contributed by atoms with Gasteiger partial charge in [0.25, 0.3) is 0 Å². The highest BCUT2D eigenvalue weighted by atomic mass is 35.5. The van der Waals surface area contributed by atoms with Gasteiger partial charge in [-0.25, -0.2) is 0 Å². The summed E-state index contributed by atoms with van der Waals surface area (Å²) in [6, 6.07) is 7.96. The van der Waals surface area contributed by atoms with Crippen molar-refractivity contribution >= 4 is 11.6 Å². The van der Waals surface area contributed by atoms with Crippen LogP contribution in [0.1, 0.15) is 17.2 Å². The summed E-state index contributed by atoms with van der Waals surface area (Å²) < 4.78 is 1.72. The third-order valence-corrected chi connectivity index (χ3v) is 3.25. The Labute approximate surface area is 112 Å². The Hall–Kier alpha value is -1.39. The Morgan fingerprint density at radius 1 is 1.39 bits per heavy atom. The molecule has 0 bridgehead atoms. The molecule has 0 aliphatic heterocycles. The number of hydrogen-bond donors (Lipinski definition) is 1. The van der Waals surface area contributed by atoms with Gasteiger partial charge in [-0.05, 0) is 18.7 Å². The fourth-order valence-corrected chi connectivity index (χ4v) is 2.38. The molecule has 4 nitrogen and oxygen atoms in total. The maximum Gasteiger partial charge on any atom is 0.0833 e. The van der Waals surface area contributed by atoms with Gasteiger partial charge in [0, 0.05) is 37.2 Å². The van der Waals surface area contributed by atoms with Crippen molar-refractivity contribution < 1.29 is 0 Å². The molecule has 2 aromatic rings. The summed E-state index contributed by atoms with van der Waals surface area (Å²) in [4.78, 5) is 0. The van der Waals surface area contributed by atoms with Crippen molar-refractivity contribution in [2.75, 3.05) is 13.6 Å². The lowest BCUT2D eigenvalue weighted by molar-refractivity contribution is 0.617. The molecule has 0 aliphatic rings. The minimum Gasteiger partial charge on any atom is -0.319 e. The van der Waals surface area contributed by atoms with Crippen LogP contribution in [0.25, 0.3) is 0 Å². The molecule has 0 aliphatic carbocycles. The van der Waals surface area contributed by atoms with E-state index in [1.165, 1.54) is 0 Å². The van der Waals surface area contributed by atoms with Crippen LogP contribution in [0.4, 0.5) is 0 Å². The first-order valence-electron chi connectivity index (χ1n) is 5.95. The Balaban J connectivity index is 2.20. The topological polar surface area (TPSA) is 42.7 Å². The average Bonchev–Trinajstić information content (AvgIpc) is 2.75. The summed E-state index contributed by atoms with van der Waals surface area (Å²) in [5.74, 6) is 0.306. The maximum absolute atomic E-state index is 6.26. The Morgan fingerprint density at radius 2 is 2.17 bits per heavy atom. The molecular formula is C13H17ClN4. The van der Waals surface area contributed by atoms with Crippen molar-refractivity contribution in [2.45, 2.75) is 12.3 Å². The highest BCUT2D eigenvalue weighted by Gasteiger charge is 2.16.